The van der Waals surface area contributed by atoms with Crippen molar-refractivity contribution in [3.8, 4) is 0 Å². The van der Waals surface area contributed by atoms with E-state index >= 15 is 0 Å². The summed E-state index contributed by atoms with van der Waals surface area (Å²) in [7, 11) is 2.17. The van der Waals surface area contributed by atoms with Crippen LogP contribution in [0.5, 0.6) is 0 Å². The average Bonchev–Trinajstić information content (AvgIpc) is 2.29. The average molecular weight is 219 g/mol. The van der Waals surface area contributed by atoms with E-state index in [4.69, 9.17) is 11.5 Å². The van der Waals surface area contributed by atoms with Crippen LogP contribution in [0.1, 0.15) is 24.4 Å². The number of likely N-dealkylation sites (tertiary alicyclic amines) is 1. The first-order chi connectivity index (χ1) is 7.66. The van der Waals surface area contributed by atoms with Crippen LogP contribution in [0.3, 0.4) is 0 Å². The normalized spacial score (nSPS) is 24.2. The number of anilines is 1. The van der Waals surface area contributed by atoms with Gasteiger partial charge in [0.25, 0.3) is 0 Å². The van der Waals surface area contributed by atoms with Crippen LogP contribution in [0.25, 0.3) is 0 Å². The molecule has 1 aliphatic heterocycles. The summed E-state index contributed by atoms with van der Waals surface area (Å²) in [6.45, 7) is 2.30. The van der Waals surface area contributed by atoms with Crippen molar-refractivity contribution in [1.82, 2.24) is 4.90 Å². The zero-order valence-electron chi connectivity index (χ0n) is 9.89. The van der Waals surface area contributed by atoms with Gasteiger partial charge in [-0.25, -0.2) is 0 Å². The second-order valence-corrected chi connectivity index (χ2v) is 4.86. The standard InChI is InChI=1S/C13H21N3/c1-16-8-2-3-11(9-16)13(15)10-4-6-12(14)7-5-10/h4-7,11,13H,2-3,8-9,14-15H2,1H3. The van der Waals surface area contributed by atoms with E-state index < -0.39 is 0 Å². The number of nitrogens with two attached hydrogens (primary N) is 2. The zero-order valence-corrected chi connectivity index (χ0v) is 9.89. The van der Waals surface area contributed by atoms with Gasteiger partial charge in [0.2, 0.25) is 0 Å². The van der Waals surface area contributed by atoms with Crippen LogP contribution >= 0.6 is 0 Å². The maximum atomic E-state index is 6.31. The van der Waals surface area contributed by atoms with Crippen molar-refractivity contribution < 1.29 is 0 Å². The third-order valence-electron chi connectivity index (χ3n) is 3.49. The molecule has 0 bridgehead atoms. The number of rotatable bonds is 2. The van der Waals surface area contributed by atoms with Gasteiger partial charge < -0.3 is 16.4 Å². The predicted molar refractivity (Wildman–Crippen MR) is 68.0 cm³/mol. The van der Waals surface area contributed by atoms with E-state index in [1.54, 1.807) is 0 Å². The summed E-state index contributed by atoms with van der Waals surface area (Å²) < 4.78 is 0. The Bertz CT molecular complexity index is 334. The maximum absolute atomic E-state index is 6.31. The Kier molecular flexibility index (Phi) is 3.46. The molecular formula is C13H21N3. The molecule has 1 saturated heterocycles. The Labute approximate surface area is 97.4 Å². The molecule has 3 nitrogen and oxygen atoms in total. The van der Waals surface area contributed by atoms with Crippen molar-refractivity contribution in [1.29, 1.82) is 0 Å². The fourth-order valence-electron chi connectivity index (χ4n) is 2.49. The van der Waals surface area contributed by atoms with Crippen LogP contribution in [0, 0.1) is 5.92 Å². The zero-order chi connectivity index (χ0) is 11.5. The van der Waals surface area contributed by atoms with E-state index in [2.05, 4.69) is 24.1 Å². The van der Waals surface area contributed by atoms with Crippen LogP contribution in [-0.4, -0.2) is 25.0 Å². The van der Waals surface area contributed by atoms with Gasteiger partial charge >= 0.3 is 0 Å². The van der Waals surface area contributed by atoms with Gasteiger partial charge in [0.1, 0.15) is 0 Å². The highest BCUT2D eigenvalue weighted by Gasteiger charge is 2.24. The largest absolute Gasteiger partial charge is 0.399 e. The molecule has 1 heterocycles. The first kappa shape index (κ1) is 11.4. The molecule has 2 unspecified atom stereocenters. The Hall–Kier alpha value is -1.06. The van der Waals surface area contributed by atoms with E-state index in [1.165, 1.54) is 24.9 Å². The van der Waals surface area contributed by atoms with Crippen LogP contribution in [0.15, 0.2) is 24.3 Å². The fourth-order valence-corrected chi connectivity index (χ4v) is 2.49. The second kappa shape index (κ2) is 4.85. The molecule has 0 radical (unpaired) electrons. The summed E-state index contributed by atoms with van der Waals surface area (Å²) in [6, 6.07) is 8.11. The number of hydrogen-bond acceptors (Lipinski definition) is 3. The van der Waals surface area contributed by atoms with Crippen molar-refractivity contribution in [3.63, 3.8) is 0 Å². The van der Waals surface area contributed by atoms with Gasteiger partial charge in [-0.2, -0.15) is 0 Å². The quantitative estimate of drug-likeness (QED) is 0.743. The lowest BCUT2D eigenvalue weighted by Gasteiger charge is -2.33. The molecule has 0 amide bonds. The molecular weight excluding hydrogens is 198 g/mol. The second-order valence-electron chi connectivity index (χ2n) is 4.86. The van der Waals surface area contributed by atoms with Crippen LogP contribution < -0.4 is 11.5 Å². The Morgan fingerprint density at radius 3 is 2.62 bits per heavy atom. The van der Waals surface area contributed by atoms with Crippen molar-refractivity contribution in [2.75, 3.05) is 25.9 Å². The number of benzene rings is 1. The molecule has 0 saturated carbocycles. The number of nitrogen functional groups attached to an aromatic ring is 1. The predicted octanol–water partition coefficient (Wildman–Crippen LogP) is 1.61. The lowest BCUT2D eigenvalue weighted by Crippen LogP contribution is -2.37. The summed E-state index contributed by atoms with van der Waals surface area (Å²) in [5.74, 6) is 0.572. The van der Waals surface area contributed by atoms with Crippen LogP contribution in [-0.2, 0) is 0 Å². The highest BCUT2D eigenvalue weighted by molar-refractivity contribution is 5.40. The summed E-state index contributed by atoms with van der Waals surface area (Å²) >= 11 is 0. The lowest BCUT2D eigenvalue weighted by molar-refractivity contribution is 0.188. The highest BCUT2D eigenvalue weighted by atomic mass is 15.1. The molecule has 4 N–H and O–H groups in total. The molecule has 1 aromatic carbocycles. The summed E-state index contributed by atoms with van der Waals surface area (Å²) in [6.07, 6.45) is 2.49. The Balaban J connectivity index is 2.06. The first-order valence-corrected chi connectivity index (χ1v) is 5.96. The molecule has 2 rings (SSSR count). The molecule has 16 heavy (non-hydrogen) atoms. The van der Waals surface area contributed by atoms with Gasteiger partial charge in [-0.3, -0.25) is 0 Å². The van der Waals surface area contributed by atoms with E-state index in [1.807, 2.05) is 12.1 Å². The summed E-state index contributed by atoms with van der Waals surface area (Å²) in [5.41, 5.74) is 14.0. The summed E-state index contributed by atoms with van der Waals surface area (Å²) in [4.78, 5) is 2.37. The maximum Gasteiger partial charge on any atom is 0.0335 e. The summed E-state index contributed by atoms with van der Waals surface area (Å²) in [5, 5.41) is 0. The molecule has 0 aliphatic carbocycles. The van der Waals surface area contributed by atoms with Gasteiger partial charge in [-0.05, 0) is 50.0 Å². The smallest absolute Gasteiger partial charge is 0.0335 e. The Morgan fingerprint density at radius 1 is 1.31 bits per heavy atom. The molecule has 0 spiro atoms. The van der Waals surface area contributed by atoms with E-state index in [9.17, 15) is 0 Å². The van der Waals surface area contributed by atoms with Gasteiger partial charge in [0, 0.05) is 18.3 Å². The van der Waals surface area contributed by atoms with Crippen molar-refractivity contribution >= 4 is 5.69 Å². The van der Waals surface area contributed by atoms with Crippen LogP contribution in [0.4, 0.5) is 5.69 Å². The van der Waals surface area contributed by atoms with E-state index in [-0.39, 0.29) is 6.04 Å². The molecule has 1 fully saturated rings. The minimum atomic E-state index is 0.142. The van der Waals surface area contributed by atoms with E-state index in [0.717, 1.165) is 12.2 Å². The van der Waals surface area contributed by atoms with Gasteiger partial charge in [-0.1, -0.05) is 12.1 Å². The van der Waals surface area contributed by atoms with Crippen molar-refractivity contribution in [2.24, 2.45) is 11.7 Å². The number of nitrogens with zero attached hydrogens (tertiary/aromatic N) is 1. The van der Waals surface area contributed by atoms with E-state index in [0.29, 0.717) is 5.92 Å². The molecule has 3 heteroatoms. The third kappa shape index (κ3) is 2.54. The minimum Gasteiger partial charge on any atom is -0.399 e. The molecule has 1 aromatic rings. The van der Waals surface area contributed by atoms with Gasteiger partial charge in [0.05, 0.1) is 0 Å². The van der Waals surface area contributed by atoms with Gasteiger partial charge in [0.15, 0.2) is 0 Å². The SMILES string of the molecule is CN1CCCC(C(N)c2ccc(N)cc2)C1. The number of piperidine rings is 1. The van der Waals surface area contributed by atoms with Crippen molar-refractivity contribution in [3.05, 3.63) is 29.8 Å². The number of hydrogen-bond donors (Lipinski definition) is 2. The molecule has 88 valence electrons. The minimum absolute atomic E-state index is 0.142. The fraction of sp³-hybridized carbons (Fsp3) is 0.538. The molecule has 1 aliphatic rings. The van der Waals surface area contributed by atoms with Crippen molar-refractivity contribution in [2.45, 2.75) is 18.9 Å². The topological polar surface area (TPSA) is 55.3 Å². The molecule has 2 atom stereocenters. The molecule has 0 aromatic heterocycles. The third-order valence-corrected chi connectivity index (χ3v) is 3.49. The Morgan fingerprint density at radius 2 is 2.00 bits per heavy atom. The monoisotopic (exact) mass is 219 g/mol. The van der Waals surface area contributed by atoms with Crippen LogP contribution in [0.2, 0.25) is 0 Å². The first-order valence-electron chi connectivity index (χ1n) is 5.96. The van der Waals surface area contributed by atoms with Gasteiger partial charge in [-0.15, -0.1) is 0 Å². The highest BCUT2D eigenvalue weighted by Crippen LogP contribution is 2.27. The lowest BCUT2D eigenvalue weighted by atomic mass is 9.87.